The molecule has 3 aromatic rings. The molecular formula is C22H20N4O6. The average Bonchev–Trinajstić information content (AvgIpc) is 3.48. The van der Waals surface area contributed by atoms with Crippen molar-refractivity contribution in [1.82, 2.24) is 15.5 Å². The zero-order valence-corrected chi connectivity index (χ0v) is 17.3. The summed E-state index contributed by atoms with van der Waals surface area (Å²) in [5.41, 5.74) is 2.17. The summed E-state index contributed by atoms with van der Waals surface area (Å²) in [5.74, 6) is 1.42. The van der Waals surface area contributed by atoms with E-state index in [1.807, 2.05) is 19.1 Å². The van der Waals surface area contributed by atoms with Gasteiger partial charge in [0.1, 0.15) is 5.75 Å². The van der Waals surface area contributed by atoms with Crippen molar-refractivity contribution in [2.45, 2.75) is 19.9 Å². The minimum absolute atomic E-state index is 0.0176. The molecule has 0 saturated carbocycles. The van der Waals surface area contributed by atoms with Crippen LogP contribution in [0.3, 0.4) is 0 Å². The fourth-order valence-corrected chi connectivity index (χ4v) is 3.55. The maximum absolute atomic E-state index is 12.4. The van der Waals surface area contributed by atoms with Gasteiger partial charge in [0.2, 0.25) is 12.6 Å². The maximum Gasteiger partial charge on any atom is 0.316 e. The molecule has 10 nitrogen and oxygen atoms in total. The number of hydrogen-bond acceptors (Lipinski definition) is 8. The summed E-state index contributed by atoms with van der Waals surface area (Å²) in [6.45, 7) is 3.06. The predicted octanol–water partition coefficient (Wildman–Crippen LogP) is 2.53. The number of carbonyl (C=O) groups is 2. The Bertz CT molecular complexity index is 1190. The highest BCUT2D eigenvalue weighted by molar-refractivity contribution is 5.98. The van der Waals surface area contributed by atoms with Gasteiger partial charge >= 0.3 is 11.8 Å². The Balaban J connectivity index is 1.28. The number of hydrogen-bond donors (Lipinski definition) is 1. The summed E-state index contributed by atoms with van der Waals surface area (Å²) in [6.07, 6.45) is 0.836. The topological polar surface area (TPSA) is 116 Å². The van der Waals surface area contributed by atoms with E-state index >= 15 is 0 Å². The largest absolute Gasteiger partial charge is 0.482 e. The third-order valence-corrected chi connectivity index (χ3v) is 5.12. The number of anilines is 1. The van der Waals surface area contributed by atoms with E-state index in [1.165, 1.54) is 0 Å². The SMILES string of the molecule is CCCN1C(=O)COc2cc(-c3noc(C(=O)NCc4ccc5c(c4)OCO5)n3)ccc21. The summed E-state index contributed by atoms with van der Waals surface area (Å²) in [6, 6.07) is 10.7. The molecule has 0 radical (unpaired) electrons. The number of benzene rings is 2. The third-order valence-electron chi connectivity index (χ3n) is 5.12. The molecule has 2 amide bonds. The molecule has 5 rings (SSSR count). The summed E-state index contributed by atoms with van der Waals surface area (Å²) < 4.78 is 21.3. The van der Waals surface area contributed by atoms with Crippen LogP contribution in [-0.2, 0) is 11.3 Å². The normalized spacial score (nSPS) is 14.2. The molecule has 0 bridgehead atoms. The first kappa shape index (κ1) is 19.9. The van der Waals surface area contributed by atoms with Crippen LogP contribution in [0.1, 0.15) is 29.6 Å². The lowest BCUT2D eigenvalue weighted by atomic mass is 10.1. The molecule has 0 aliphatic carbocycles. The van der Waals surface area contributed by atoms with Gasteiger partial charge in [-0.2, -0.15) is 4.98 Å². The van der Waals surface area contributed by atoms with Gasteiger partial charge < -0.3 is 29.0 Å². The zero-order chi connectivity index (χ0) is 22.1. The van der Waals surface area contributed by atoms with Crippen LogP contribution in [0.2, 0.25) is 0 Å². The van der Waals surface area contributed by atoms with Crippen LogP contribution in [0, 0.1) is 0 Å². The van der Waals surface area contributed by atoms with Gasteiger partial charge in [0.15, 0.2) is 18.1 Å². The number of carbonyl (C=O) groups excluding carboxylic acids is 2. The summed E-state index contributed by atoms with van der Waals surface area (Å²) in [7, 11) is 0. The molecule has 0 unspecified atom stereocenters. The molecule has 164 valence electrons. The van der Waals surface area contributed by atoms with Crippen molar-refractivity contribution in [2.24, 2.45) is 0 Å². The molecule has 1 aromatic heterocycles. The van der Waals surface area contributed by atoms with Crippen molar-refractivity contribution >= 4 is 17.5 Å². The molecule has 2 aromatic carbocycles. The fraction of sp³-hybridized carbons (Fsp3) is 0.273. The van der Waals surface area contributed by atoms with Crippen molar-refractivity contribution in [2.75, 3.05) is 24.8 Å². The standard InChI is InChI=1S/C22H20N4O6/c1-2-7-26-15-5-4-14(9-17(15)29-11-19(26)27)20-24-22(32-25-20)21(28)23-10-13-3-6-16-18(8-13)31-12-30-16/h3-6,8-9H,2,7,10-12H2,1H3,(H,23,28). The van der Waals surface area contributed by atoms with Crippen molar-refractivity contribution in [3.05, 3.63) is 47.9 Å². The average molecular weight is 436 g/mol. The number of nitrogens with one attached hydrogen (secondary N) is 1. The molecule has 10 heteroatoms. The zero-order valence-electron chi connectivity index (χ0n) is 17.3. The van der Waals surface area contributed by atoms with Gasteiger partial charge in [0, 0.05) is 18.7 Å². The van der Waals surface area contributed by atoms with Gasteiger partial charge in [-0.3, -0.25) is 9.59 Å². The molecule has 2 aliphatic heterocycles. The van der Waals surface area contributed by atoms with Crippen molar-refractivity contribution in [1.29, 1.82) is 0 Å². The van der Waals surface area contributed by atoms with Crippen LogP contribution in [0.25, 0.3) is 11.4 Å². The lowest BCUT2D eigenvalue weighted by Crippen LogP contribution is -2.39. The molecule has 2 aliphatic rings. The first-order chi connectivity index (χ1) is 15.6. The number of nitrogens with zero attached hydrogens (tertiary/aromatic N) is 3. The van der Waals surface area contributed by atoms with Crippen LogP contribution in [0.4, 0.5) is 5.69 Å². The van der Waals surface area contributed by atoms with Crippen LogP contribution in [0.15, 0.2) is 40.9 Å². The lowest BCUT2D eigenvalue weighted by molar-refractivity contribution is -0.121. The van der Waals surface area contributed by atoms with Crippen molar-refractivity contribution in [3.8, 4) is 28.6 Å². The van der Waals surface area contributed by atoms with Crippen LogP contribution in [0.5, 0.6) is 17.2 Å². The lowest BCUT2D eigenvalue weighted by Gasteiger charge is -2.29. The minimum atomic E-state index is -0.490. The van der Waals surface area contributed by atoms with Crippen LogP contribution in [-0.4, -0.2) is 41.9 Å². The van der Waals surface area contributed by atoms with Gasteiger partial charge in [-0.1, -0.05) is 18.1 Å². The van der Waals surface area contributed by atoms with Crippen LogP contribution < -0.4 is 24.4 Å². The molecule has 0 fully saturated rings. The number of rotatable bonds is 6. The van der Waals surface area contributed by atoms with E-state index in [1.54, 1.807) is 29.2 Å². The molecule has 1 N–H and O–H groups in total. The van der Waals surface area contributed by atoms with Gasteiger partial charge in [-0.25, -0.2) is 0 Å². The van der Waals surface area contributed by atoms with Gasteiger partial charge in [-0.05, 0) is 42.3 Å². The highest BCUT2D eigenvalue weighted by Crippen LogP contribution is 2.35. The first-order valence-corrected chi connectivity index (χ1v) is 10.2. The molecule has 3 heterocycles. The van der Waals surface area contributed by atoms with Crippen molar-refractivity contribution < 1.29 is 28.3 Å². The minimum Gasteiger partial charge on any atom is -0.482 e. The Morgan fingerprint density at radius 2 is 1.97 bits per heavy atom. The Morgan fingerprint density at radius 3 is 2.84 bits per heavy atom. The van der Waals surface area contributed by atoms with E-state index in [4.69, 9.17) is 18.7 Å². The Morgan fingerprint density at radius 1 is 1.09 bits per heavy atom. The predicted molar refractivity (Wildman–Crippen MR) is 112 cm³/mol. The van der Waals surface area contributed by atoms with Gasteiger partial charge in [0.25, 0.3) is 5.91 Å². The van der Waals surface area contributed by atoms with E-state index in [0.717, 1.165) is 12.0 Å². The molecule has 0 spiro atoms. The number of fused-ring (bicyclic) bond motifs is 2. The molecule has 0 atom stereocenters. The molecule has 32 heavy (non-hydrogen) atoms. The van der Waals surface area contributed by atoms with Crippen molar-refractivity contribution in [3.63, 3.8) is 0 Å². The summed E-state index contributed by atoms with van der Waals surface area (Å²) >= 11 is 0. The van der Waals surface area contributed by atoms with E-state index in [0.29, 0.717) is 35.0 Å². The second kappa shape index (κ2) is 8.22. The second-order valence-electron chi connectivity index (χ2n) is 7.31. The first-order valence-electron chi connectivity index (χ1n) is 10.2. The van der Waals surface area contributed by atoms with E-state index in [-0.39, 0.29) is 37.6 Å². The summed E-state index contributed by atoms with van der Waals surface area (Å²) in [4.78, 5) is 30.5. The summed E-state index contributed by atoms with van der Waals surface area (Å²) in [5, 5.41) is 6.65. The number of aromatic nitrogens is 2. The second-order valence-corrected chi connectivity index (χ2v) is 7.31. The Kier molecular flexibility index (Phi) is 5.10. The molecule has 0 saturated heterocycles. The Hall–Kier alpha value is -4.08. The number of amides is 2. The molecular weight excluding hydrogens is 416 g/mol. The number of ether oxygens (including phenoxy) is 3. The van der Waals surface area contributed by atoms with E-state index < -0.39 is 5.91 Å². The monoisotopic (exact) mass is 436 g/mol. The van der Waals surface area contributed by atoms with Gasteiger partial charge in [-0.15, -0.1) is 0 Å². The smallest absolute Gasteiger partial charge is 0.316 e. The quantitative estimate of drug-likeness (QED) is 0.627. The van der Waals surface area contributed by atoms with Crippen LogP contribution >= 0.6 is 0 Å². The fourth-order valence-electron chi connectivity index (χ4n) is 3.55. The van der Waals surface area contributed by atoms with E-state index in [2.05, 4.69) is 15.5 Å². The van der Waals surface area contributed by atoms with Gasteiger partial charge in [0.05, 0.1) is 5.69 Å². The van der Waals surface area contributed by atoms with E-state index in [9.17, 15) is 9.59 Å². The highest BCUT2D eigenvalue weighted by atomic mass is 16.7. The highest BCUT2D eigenvalue weighted by Gasteiger charge is 2.26. The maximum atomic E-state index is 12.4. The Labute approximate surface area is 183 Å². The third kappa shape index (κ3) is 3.70.